The summed E-state index contributed by atoms with van der Waals surface area (Å²) < 4.78 is 0. The Labute approximate surface area is 189 Å². The van der Waals surface area contributed by atoms with Gasteiger partial charge in [0.2, 0.25) is 5.95 Å². The first kappa shape index (κ1) is 23.5. The van der Waals surface area contributed by atoms with E-state index in [0.29, 0.717) is 35.9 Å². The van der Waals surface area contributed by atoms with Gasteiger partial charge in [-0.15, -0.1) is 0 Å². The minimum absolute atomic E-state index is 0.0237. The molecular weight excluding hydrogens is 404 g/mol. The van der Waals surface area contributed by atoms with Crippen LogP contribution in [0.25, 0.3) is 0 Å². The van der Waals surface area contributed by atoms with Crippen molar-refractivity contribution in [3.8, 4) is 6.07 Å². The number of amides is 1. The highest BCUT2D eigenvalue weighted by Crippen LogP contribution is 2.36. The normalized spacial score (nSPS) is 19.6. The van der Waals surface area contributed by atoms with Crippen molar-refractivity contribution in [1.82, 2.24) is 14.9 Å². The van der Waals surface area contributed by atoms with E-state index in [-0.39, 0.29) is 23.5 Å². The highest BCUT2D eigenvalue weighted by molar-refractivity contribution is 5.94. The number of nitrogens with zero attached hydrogens (tertiary/aromatic N) is 4. The molecule has 0 unspecified atom stereocenters. The van der Waals surface area contributed by atoms with Crippen molar-refractivity contribution >= 4 is 17.7 Å². The molecule has 1 fully saturated rings. The summed E-state index contributed by atoms with van der Waals surface area (Å²) in [6, 6.07) is 9.87. The first-order chi connectivity index (χ1) is 15.2. The van der Waals surface area contributed by atoms with Gasteiger partial charge >= 0.3 is 0 Å². The van der Waals surface area contributed by atoms with Crippen molar-refractivity contribution < 1.29 is 9.90 Å². The van der Waals surface area contributed by atoms with Crippen LogP contribution in [0.2, 0.25) is 0 Å². The van der Waals surface area contributed by atoms with Crippen LogP contribution in [0.15, 0.2) is 30.5 Å². The Balaban J connectivity index is 1.63. The first-order valence-electron chi connectivity index (χ1n) is 11.0. The zero-order valence-electron chi connectivity index (χ0n) is 19.2. The van der Waals surface area contributed by atoms with E-state index < -0.39 is 0 Å². The predicted molar refractivity (Wildman–Crippen MR) is 124 cm³/mol. The second kappa shape index (κ2) is 9.96. The number of hydrogen-bond donors (Lipinski definition) is 3. The maximum atomic E-state index is 12.2. The van der Waals surface area contributed by atoms with Gasteiger partial charge in [0.25, 0.3) is 5.91 Å². The molecule has 32 heavy (non-hydrogen) atoms. The van der Waals surface area contributed by atoms with Crippen LogP contribution in [-0.4, -0.2) is 58.7 Å². The number of anilines is 2. The molecule has 3 N–H and O–H groups in total. The van der Waals surface area contributed by atoms with E-state index in [9.17, 15) is 15.2 Å². The van der Waals surface area contributed by atoms with Crippen LogP contribution in [0, 0.1) is 16.7 Å². The molecule has 1 aromatic heterocycles. The highest BCUT2D eigenvalue weighted by atomic mass is 16.3. The number of rotatable bonds is 7. The first-order valence-corrected chi connectivity index (χ1v) is 11.0. The molecule has 8 heteroatoms. The fourth-order valence-electron chi connectivity index (χ4n) is 4.04. The predicted octanol–water partition coefficient (Wildman–Crippen LogP) is 3.06. The second-order valence-electron chi connectivity index (χ2n) is 9.27. The number of nitriles is 1. The summed E-state index contributed by atoms with van der Waals surface area (Å²) in [7, 11) is 3.47. The molecule has 8 nitrogen and oxygen atoms in total. The monoisotopic (exact) mass is 436 g/mol. The lowest BCUT2D eigenvalue weighted by Crippen LogP contribution is -2.41. The Kier molecular flexibility index (Phi) is 7.31. The fraction of sp³-hybridized carbons (Fsp3) is 0.500. The molecule has 1 saturated carbocycles. The van der Waals surface area contributed by atoms with Gasteiger partial charge in [0, 0.05) is 32.2 Å². The molecule has 0 saturated heterocycles. The number of carbonyl (C=O) groups is 1. The lowest BCUT2D eigenvalue weighted by molar-refractivity contribution is 0.00926. The van der Waals surface area contributed by atoms with Crippen LogP contribution in [0.1, 0.15) is 54.6 Å². The van der Waals surface area contributed by atoms with E-state index in [1.165, 1.54) is 6.20 Å². The quantitative estimate of drug-likeness (QED) is 0.611. The van der Waals surface area contributed by atoms with E-state index in [1.54, 1.807) is 19.0 Å². The van der Waals surface area contributed by atoms with Crippen molar-refractivity contribution in [2.45, 2.75) is 51.7 Å². The molecule has 1 heterocycles. The summed E-state index contributed by atoms with van der Waals surface area (Å²) in [6.45, 7) is 4.71. The van der Waals surface area contributed by atoms with Gasteiger partial charge in [0.1, 0.15) is 17.5 Å². The smallest absolute Gasteiger partial charge is 0.253 e. The maximum absolute atomic E-state index is 12.2. The number of carbonyl (C=O) groups excluding carboxylic acids is 1. The number of aliphatic hydroxyl groups is 1. The SMILES string of the molecule is CN(C)C(=O)c1cccc(CCNc2ncc(C#N)c(N[C@@H]3CC[C@H](O)C(C)(C)C3)n2)c1. The Bertz CT molecular complexity index is 998. The van der Waals surface area contributed by atoms with Gasteiger partial charge in [0.05, 0.1) is 12.3 Å². The zero-order chi connectivity index (χ0) is 23.3. The van der Waals surface area contributed by atoms with Crippen molar-refractivity contribution in [3.63, 3.8) is 0 Å². The van der Waals surface area contributed by atoms with E-state index in [1.807, 2.05) is 24.3 Å². The zero-order valence-corrected chi connectivity index (χ0v) is 19.2. The van der Waals surface area contributed by atoms with Gasteiger partial charge in [0.15, 0.2) is 0 Å². The van der Waals surface area contributed by atoms with Gasteiger partial charge in [-0.25, -0.2) is 4.98 Å². The number of aliphatic hydroxyl groups excluding tert-OH is 1. The van der Waals surface area contributed by atoms with Crippen LogP contribution >= 0.6 is 0 Å². The second-order valence-corrected chi connectivity index (χ2v) is 9.27. The lowest BCUT2D eigenvalue weighted by Gasteiger charge is -2.40. The summed E-state index contributed by atoms with van der Waals surface area (Å²) in [5.74, 6) is 0.937. The van der Waals surface area contributed by atoms with Crippen LogP contribution in [0.3, 0.4) is 0 Å². The minimum atomic E-state index is -0.315. The van der Waals surface area contributed by atoms with E-state index in [2.05, 4.69) is 40.5 Å². The van der Waals surface area contributed by atoms with Crippen molar-refractivity contribution in [2.24, 2.45) is 5.41 Å². The Morgan fingerprint density at radius 1 is 1.34 bits per heavy atom. The highest BCUT2D eigenvalue weighted by Gasteiger charge is 2.35. The summed E-state index contributed by atoms with van der Waals surface area (Å²) in [4.78, 5) is 22.5. The molecule has 1 aliphatic rings. The Hall–Kier alpha value is -3.18. The average Bonchev–Trinajstić information content (AvgIpc) is 2.76. The van der Waals surface area contributed by atoms with E-state index in [4.69, 9.17) is 0 Å². The number of nitrogens with one attached hydrogen (secondary N) is 2. The number of benzene rings is 1. The van der Waals surface area contributed by atoms with E-state index >= 15 is 0 Å². The standard InChI is InChI=1S/C24H32N6O2/c1-24(2)13-19(8-9-20(24)31)28-21-18(14-25)15-27-23(29-21)26-11-10-16-6-5-7-17(12-16)22(32)30(3)4/h5-7,12,15,19-20,31H,8-11,13H2,1-4H3,(H2,26,27,28,29)/t19-,20+/m1/s1. The number of aromatic nitrogens is 2. The van der Waals surface area contributed by atoms with Gasteiger partial charge < -0.3 is 20.6 Å². The molecule has 0 spiro atoms. The van der Waals surface area contributed by atoms with Crippen LogP contribution in [0.5, 0.6) is 0 Å². The van der Waals surface area contributed by atoms with Crippen molar-refractivity contribution in [1.29, 1.82) is 5.26 Å². The minimum Gasteiger partial charge on any atom is -0.393 e. The third-order valence-corrected chi connectivity index (χ3v) is 5.99. The summed E-state index contributed by atoms with van der Waals surface area (Å²) >= 11 is 0. The molecule has 0 radical (unpaired) electrons. The molecule has 3 rings (SSSR count). The third kappa shape index (κ3) is 5.74. The molecule has 2 atom stereocenters. The molecule has 1 amide bonds. The van der Waals surface area contributed by atoms with Gasteiger partial charge in [-0.05, 0) is 48.8 Å². The molecule has 1 aliphatic carbocycles. The van der Waals surface area contributed by atoms with Gasteiger partial charge in [-0.3, -0.25) is 4.79 Å². The maximum Gasteiger partial charge on any atom is 0.253 e. The third-order valence-electron chi connectivity index (χ3n) is 5.99. The van der Waals surface area contributed by atoms with Gasteiger partial charge in [-0.2, -0.15) is 10.2 Å². The van der Waals surface area contributed by atoms with Crippen LogP contribution in [0.4, 0.5) is 11.8 Å². The fourth-order valence-corrected chi connectivity index (χ4v) is 4.04. The summed E-state index contributed by atoms with van der Waals surface area (Å²) in [6.07, 6.45) is 4.26. The summed E-state index contributed by atoms with van der Waals surface area (Å²) in [5, 5.41) is 26.2. The molecule has 0 bridgehead atoms. The number of hydrogen-bond acceptors (Lipinski definition) is 7. The Morgan fingerprint density at radius 3 is 2.81 bits per heavy atom. The van der Waals surface area contributed by atoms with Gasteiger partial charge in [-0.1, -0.05) is 26.0 Å². The molecule has 2 aromatic rings. The molecular formula is C24H32N6O2. The van der Waals surface area contributed by atoms with Crippen molar-refractivity contribution in [3.05, 3.63) is 47.2 Å². The lowest BCUT2D eigenvalue weighted by atomic mass is 9.73. The summed E-state index contributed by atoms with van der Waals surface area (Å²) in [5.41, 5.74) is 1.92. The Morgan fingerprint density at radius 2 is 2.12 bits per heavy atom. The van der Waals surface area contributed by atoms with Crippen LogP contribution in [-0.2, 0) is 6.42 Å². The topological polar surface area (TPSA) is 114 Å². The van der Waals surface area contributed by atoms with Crippen molar-refractivity contribution in [2.75, 3.05) is 31.3 Å². The average molecular weight is 437 g/mol. The molecule has 1 aromatic carbocycles. The molecule has 170 valence electrons. The van der Waals surface area contributed by atoms with Crippen LogP contribution < -0.4 is 10.6 Å². The van der Waals surface area contributed by atoms with E-state index in [0.717, 1.165) is 24.8 Å². The largest absolute Gasteiger partial charge is 0.393 e. The molecule has 0 aliphatic heterocycles.